The van der Waals surface area contributed by atoms with E-state index < -0.39 is 31.5 Å². The molecular formula is C18H37N2O7P. The van der Waals surface area contributed by atoms with Gasteiger partial charge in [0.2, 0.25) is 0 Å². The number of nitrogens with one attached hydrogen (secondary N) is 1. The van der Waals surface area contributed by atoms with E-state index in [9.17, 15) is 23.9 Å². The Bertz CT molecular complexity index is 525. The van der Waals surface area contributed by atoms with E-state index in [1.54, 1.807) is 20.8 Å². The first-order chi connectivity index (χ1) is 12.8. The number of alkyl carbamates (subject to hydrolysis) is 1. The summed E-state index contributed by atoms with van der Waals surface area (Å²) in [6.45, 7) is 10.5. The predicted octanol–water partition coefficient (Wildman–Crippen LogP) is 3.05. The lowest BCUT2D eigenvalue weighted by molar-refractivity contribution is -0.149. The summed E-state index contributed by atoms with van der Waals surface area (Å²) >= 11 is 0. The molecule has 3 N–H and O–H groups in total. The second-order valence-corrected chi connectivity index (χ2v) is 9.39. The average Bonchev–Trinajstić information content (AvgIpc) is 2.53. The van der Waals surface area contributed by atoms with Gasteiger partial charge in [-0.3, -0.25) is 4.79 Å². The molecule has 28 heavy (non-hydrogen) atoms. The topological polar surface area (TPSA) is 125 Å². The smallest absolute Gasteiger partial charge is 0.407 e. The molecule has 1 amide bonds. The molecule has 0 aliphatic rings. The van der Waals surface area contributed by atoms with E-state index in [-0.39, 0.29) is 25.6 Å². The van der Waals surface area contributed by atoms with Crippen LogP contribution < -0.4 is 5.32 Å². The summed E-state index contributed by atoms with van der Waals surface area (Å²) in [5.74, 6) is -0.457. The monoisotopic (exact) mass is 424 g/mol. The Kier molecular flexibility index (Phi) is 11.9. The van der Waals surface area contributed by atoms with Gasteiger partial charge in [0.25, 0.3) is 0 Å². The summed E-state index contributed by atoms with van der Waals surface area (Å²) in [6.07, 6.45) is 3.11. The molecule has 0 unspecified atom stereocenters. The van der Waals surface area contributed by atoms with Crippen LogP contribution in [0.5, 0.6) is 0 Å². The third-order valence-electron chi connectivity index (χ3n) is 3.99. The van der Waals surface area contributed by atoms with E-state index in [1.807, 2.05) is 0 Å². The molecule has 0 saturated carbocycles. The summed E-state index contributed by atoms with van der Waals surface area (Å²) in [5.41, 5.74) is -0.683. The molecule has 0 radical (unpaired) electrons. The van der Waals surface area contributed by atoms with Gasteiger partial charge in [0.1, 0.15) is 11.6 Å². The zero-order valence-electron chi connectivity index (χ0n) is 17.9. The van der Waals surface area contributed by atoms with Crippen LogP contribution in [0.3, 0.4) is 0 Å². The van der Waals surface area contributed by atoms with Crippen LogP contribution in [0.25, 0.3) is 0 Å². The Morgan fingerprint density at radius 2 is 1.68 bits per heavy atom. The molecule has 0 aromatic heterocycles. The van der Waals surface area contributed by atoms with E-state index in [2.05, 4.69) is 19.2 Å². The van der Waals surface area contributed by atoms with Gasteiger partial charge in [0, 0.05) is 13.1 Å². The second-order valence-electron chi connectivity index (χ2n) is 7.85. The van der Waals surface area contributed by atoms with Gasteiger partial charge < -0.3 is 24.6 Å². The van der Waals surface area contributed by atoms with Gasteiger partial charge in [0.05, 0.1) is 6.61 Å². The molecule has 0 aromatic carbocycles. The predicted molar refractivity (Wildman–Crippen MR) is 107 cm³/mol. The molecule has 0 bridgehead atoms. The minimum absolute atomic E-state index is 0.0913. The minimum atomic E-state index is -4.72. The highest BCUT2D eigenvalue weighted by atomic mass is 31.2. The SMILES string of the molecule is CCCC(CCC)COC(=O)[C@H](C)N(CCNC(=O)OC(C)(C)C)P(=O)(O)O. The lowest BCUT2D eigenvalue weighted by atomic mass is 9.99. The van der Waals surface area contributed by atoms with Crippen LogP contribution in [0.1, 0.15) is 67.2 Å². The molecular weight excluding hydrogens is 387 g/mol. The van der Waals surface area contributed by atoms with E-state index >= 15 is 0 Å². The van der Waals surface area contributed by atoms with Crippen molar-refractivity contribution in [3.05, 3.63) is 0 Å². The minimum Gasteiger partial charge on any atom is -0.464 e. The first-order valence-corrected chi connectivity index (χ1v) is 11.3. The zero-order chi connectivity index (χ0) is 22.0. The third-order valence-corrected chi connectivity index (χ3v) is 5.20. The molecule has 0 heterocycles. The molecule has 0 aliphatic carbocycles. The normalized spacial score (nSPS) is 13.5. The Hall–Kier alpha value is -1.15. The van der Waals surface area contributed by atoms with Gasteiger partial charge in [-0.15, -0.1) is 0 Å². The van der Waals surface area contributed by atoms with Gasteiger partial charge in [-0.1, -0.05) is 26.7 Å². The number of esters is 1. The molecule has 0 spiro atoms. The number of rotatable bonds is 12. The zero-order valence-corrected chi connectivity index (χ0v) is 18.8. The van der Waals surface area contributed by atoms with E-state index in [0.29, 0.717) is 0 Å². The van der Waals surface area contributed by atoms with Gasteiger partial charge in [0.15, 0.2) is 0 Å². The lowest BCUT2D eigenvalue weighted by Gasteiger charge is -2.28. The van der Waals surface area contributed by atoms with Crippen LogP contribution in [0.4, 0.5) is 4.79 Å². The molecule has 1 atom stereocenters. The fourth-order valence-electron chi connectivity index (χ4n) is 2.71. The number of carbonyl (C=O) groups excluding carboxylic acids is 2. The number of ether oxygens (including phenoxy) is 2. The van der Waals surface area contributed by atoms with Gasteiger partial charge >= 0.3 is 19.8 Å². The number of carbonyl (C=O) groups is 2. The van der Waals surface area contributed by atoms with Gasteiger partial charge in [-0.05, 0) is 46.5 Å². The van der Waals surface area contributed by atoms with Crippen molar-refractivity contribution in [2.75, 3.05) is 19.7 Å². The van der Waals surface area contributed by atoms with Gasteiger partial charge in [-0.25, -0.2) is 9.36 Å². The molecule has 10 heteroatoms. The van der Waals surface area contributed by atoms with Crippen molar-refractivity contribution in [1.29, 1.82) is 0 Å². The number of hydrogen-bond donors (Lipinski definition) is 3. The molecule has 166 valence electrons. The van der Waals surface area contributed by atoms with Gasteiger partial charge in [-0.2, -0.15) is 4.67 Å². The van der Waals surface area contributed by atoms with Crippen molar-refractivity contribution in [1.82, 2.24) is 9.99 Å². The highest BCUT2D eigenvalue weighted by Crippen LogP contribution is 2.41. The quantitative estimate of drug-likeness (QED) is 0.322. The molecule has 0 rings (SSSR count). The molecule has 0 aromatic rings. The Morgan fingerprint density at radius 3 is 2.11 bits per heavy atom. The summed E-state index contributed by atoms with van der Waals surface area (Å²) in [4.78, 5) is 43.1. The summed E-state index contributed by atoms with van der Waals surface area (Å²) < 4.78 is 22.9. The van der Waals surface area contributed by atoms with E-state index in [4.69, 9.17) is 9.47 Å². The Morgan fingerprint density at radius 1 is 1.14 bits per heavy atom. The lowest BCUT2D eigenvalue weighted by Crippen LogP contribution is -2.43. The fraction of sp³-hybridized carbons (Fsp3) is 0.889. The Balaban J connectivity index is 4.76. The average molecular weight is 424 g/mol. The third kappa shape index (κ3) is 11.6. The van der Waals surface area contributed by atoms with E-state index in [1.165, 1.54) is 6.92 Å². The van der Waals surface area contributed by atoms with Crippen molar-refractivity contribution in [3.8, 4) is 0 Å². The van der Waals surface area contributed by atoms with Crippen LogP contribution in [0.2, 0.25) is 0 Å². The second kappa shape index (κ2) is 12.4. The standard InChI is InChI=1S/C18H37N2O7P/c1-7-9-15(10-8-2)13-26-16(21)14(3)20(28(23,24)25)12-11-19-17(22)27-18(4,5)6/h14-15H,7-13H2,1-6H3,(H,19,22)(H2,23,24,25)/t14-/m0/s1. The summed E-state index contributed by atoms with van der Waals surface area (Å²) in [5, 5.41) is 2.42. The highest BCUT2D eigenvalue weighted by Gasteiger charge is 2.35. The maximum absolute atomic E-state index is 12.3. The van der Waals surface area contributed by atoms with Crippen LogP contribution >= 0.6 is 7.75 Å². The van der Waals surface area contributed by atoms with Crippen LogP contribution in [-0.4, -0.2) is 57.9 Å². The number of amides is 1. The van der Waals surface area contributed by atoms with Crippen LogP contribution in [-0.2, 0) is 18.8 Å². The van der Waals surface area contributed by atoms with E-state index in [0.717, 1.165) is 30.4 Å². The van der Waals surface area contributed by atoms with Crippen molar-refractivity contribution < 1.29 is 33.4 Å². The molecule has 0 saturated heterocycles. The van der Waals surface area contributed by atoms with Crippen LogP contribution in [0, 0.1) is 5.92 Å². The Labute approximate surface area is 168 Å². The largest absolute Gasteiger partial charge is 0.464 e. The number of hydrogen-bond acceptors (Lipinski definition) is 5. The molecule has 0 fully saturated rings. The van der Waals surface area contributed by atoms with Crippen molar-refractivity contribution >= 4 is 19.8 Å². The molecule has 9 nitrogen and oxygen atoms in total. The maximum atomic E-state index is 12.3. The molecule has 0 aliphatic heterocycles. The summed E-state index contributed by atoms with van der Waals surface area (Å²) in [6, 6.07) is -1.15. The first-order valence-electron chi connectivity index (χ1n) is 9.77. The van der Waals surface area contributed by atoms with Crippen molar-refractivity contribution in [3.63, 3.8) is 0 Å². The van der Waals surface area contributed by atoms with Crippen LogP contribution in [0.15, 0.2) is 0 Å². The first kappa shape index (κ1) is 26.9. The number of nitrogens with zero attached hydrogens (tertiary/aromatic N) is 1. The van der Waals surface area contributed by atoms with Crippen molar-refractivity contribution in [2.24, 2.45) is 5.92 Å². The summed E-state index contributed by atoms with van der Waals surface area (Å²) in [7, 11) is -4.72. The highest BCUT2D eigenvalue weighted by molar-refractivity contribution is 7.49. The fourth-order valence-corrected chi connectivity index (χ4v) is 3.61. The maximum Gasteiger partial charge on any atom is 0.407 e. The van der Waals surface area contributed by atoms with Crippen molar-refractivity contribution in [2.45, 2.75) is 78.9 Å².